The van der Waals surface area contributed by atoms with Crippen LogP contribution in [0.15, 0.2) is 72.8 Å². The normalized spacial score (nSPS) is 10.6. The molecule has 9 heteroatoms. The lowest BCUT2D eigenvalue weighted by Crippen LogP contribution is -2.11. The lowest BCUT2D eigenvalue weighted by atomic mass is 10.2. The summed E-state index contributed by atoms with van der Waals surface area (Å²) in [5.41, 5.74) is 2.74. The van der Waals surface area contributed by atoms with Gasteiger partial charge in [0.25, 0.3) is 5.91 Å². The summed E-state index contributed by atoms with van der Waals surface area (Å²) < 4.78 is 22.9. The third-order valence-electron chi connectivity index (χ3n) is 5.16. The average Bonchev–Trinajstić information content (AvgIpc) is 3.33. The van der Waals surface area contributed by atoms with Crippen molar-refractivity contribution in [3.8, 4) is 34.6 Å². The maximum atomic E-state index is 12.6. The molecule has 0 unspecified atom stereocenters. The van der Waals surface area contributed by atoms with Gasteiger partial charge in [0.15, 0.2) is 5.82 Å². The number of amides is 1. The lowest BCUT2D eigenvalue weighted by molar-refractivity contribution is 0.102. The topological polar surface area (TPSA) is 96.7 Å². The number of carbonyl (C=O) groups is 1. The molecule has 0 saturated carbocycles. The standard InChI is InChI=1S/C26H26N4O5/c1-32-15-16-35-26-28-24(19-5-4-6-23(17-19)34-3)30(29-26)21-11-9-20(10-12-21)27-25(31)18-7-13-22(33-2)14-8-18/h4-14,17H,15-16H2,1-3H3,(H,27,31). The molecule has 0 aliphatic rings. The van der Waals surface area contributed by atoms with Crippen LogP contribution >= 0.6 is 0 Å². The zero-order valence-electron chi connectivity index (χ0n) is 19.7. The van der Waals surface area contributed by atoms with Crippen LogP contribution in [0.1, 0.15) is 10.4 Å². The van der Waals surface area contributed by atoms with Gasteiger partial charge >= 0.3 is 6.01 Å². The number of hydrogen-bond donors (Lipinski definition) is 1. The number of methoxy groups -OCH3 is 3. The summed E-state index contributed by atoms with van der Waals surface area (Å²) in [6, 6.07) is 22.0. The Morgan fingerprint density at radius 1 is 0.886 bits per heavy atom. The lowest BCUT2D eigenvalue weighted by Gasteiger charge is -2.09. The first-order valence-electron chi connectivity index (χ1n) is 10.9. The van der Waals surface area contributed by atoms with E-state index >= 15 is 0 Å². The number of benzene rings is 3. The Balaban J connectivity index is 1.58. The predicted molar refractivity (Wildman–Crippen MR) is 132 cm³/mol. The number of anilines is 1. The van der Waals surface area contributed by atoms with Gasteiger partial charge in [0.05, 0.1) is 26.5 Å². The van der Waals surface area contributed by atoms with Crippen molar-refractivity contribution >= 4 is 11.6 Å². The summed E-state index contributed by atoms with van der Waals surface area (Å²) in [6.45, 7) is 0.750. The molecule has 1 N–H and O–H groups in total. The molecule has 9 nitrogen and oxygen atoms in total. The largest absolute Gasteiger partial charge is 0.497 e. The van der Waals surface area contributed by atoms with Gasteiger partial charge in [0.2, 0.25) is 0 Å². The Labute approximate surface area is 203 Å². The molecule has 1 heterocycles. The third kappa shape index (κ3) is 5.77. The maximum Gasteiger partial charge on any atom is 0.336 e. The fourth-order valence-electron chi connectivity index (χ4n) is 3.33. The number of nitrogens with zero attached hydrogens (tertiary/aromatic N) is 3. The molecule has 180 valence electrons. The van der Waals surface area contributed by atoms with E-state index in [4.69, 9.17) is 18.9 Å². The van der Waals surface area contributed by atoms with Gasteiger partial charge in [-0.3, -0.25) is 4.79 Å². The molecule has 0 saturated heterocycles. The van der Waals surface area contributed by atoms with Crippen LogP contribution in [0.3, 0.4) is 0 Å². The van der Waals surface area contributed by atoms with E-state index in [1.807, 2.05) is 36.4 Å². The molecule has 0 atom stereocenters. The number of aromatic nitrogens is 3. The Bertz CT molecular complexity index is 1270. The summed E-state index contributed by atoms with van der Waals surface area (Å²) in [5.74, 6) is 1.77. The van der Waals surface area contributed by atoms with Crippen LogP contribution in [0.5, 0.6) is 17.5 Å². The molecular formula is C26H26N4O5. The minimum absolute atomic E-state index is 0.216. The summed E-state index contributed by atoms with van der Waals surface area (Å²) in [7, 11) is 4.80. The second-order valence-corrected chi connectivity index (χ2v) is 7.43. The molecule has 1 amide bonds. The van der Waals surface area contributed by atoms with Gasteiger partial charge in [-0.05, 0) is 60.7 Å². The first kappa shape index (κ1) is 23.8. The van der Waals surface area contributed by atoms with E-state index in [2.05, 4.69) is 15.4 Å². The van der Waals surface area contributed by atoms with E-state index < -0.39 is 0 Å². The number of ether oxygens (including phenoxy) is 4. The molecule has 4 aromatic rings. The number of nitrogens with one attached hydrogen (secondary N) is 1. The molecule has 3 aromatic carbocycles. The maximum absolute atomic E-state index is 12.6. The molecule has 35 heavy (non-hydrogen) atoms. The highest BCUT2D eigenvalue weighted by molar-refractivity contribution is 6.04. The quantitative estimate of drug-likeness (QED) is 0.344. The van der Waals surface area contributed by atoms with Crippen molar-refractivity contribution < 1.29 is 23.7 Å². The van der Waals surface area contributed by atoms with Gasteiger partial charge in [0.1, 0.15) is 18.1 Å². The average molecular weight is 475 g/mol. The smallest absolute Gasteiger partial charge is 0.336 e. The van der Waals surface area contributed by atoms with Crippen molar-refractivity contribution in [2.75, 3.05) is 39.9 Å². The van der Waals surface area contributed by atoms with Crippen molar-refractivity contribution in [3.05, 3.63) is 78.4 Å². The van der Waals surface area contributed by atoms with E-state index in [-0.39, 0.29) is 11.9 Å². The van der Waals surface area contributed by atoms with E-state index in [1.54, 1.807) is 62.4 Å². The fraction of sp³-hybridized carbons (Fsp3) is 0.192. The van der Waals surface area contributed by atoms with Crippen molar-refractivity contribution in [3.63, 3.8) is 0 Å². The monoisotopic (exact) mass is 474 g/mol. The summed E-state index contributed by atoms with van der Waals surface area (Å²) in [5, 5.41) is 7.42. The fourth-order valence-corrected chi connectivity index (χ4v) is 3.33. The van der Waals surface area contributed by atoms with Crippen LogP contribution in [0.25, 0.3) is 17.1 Å². The minimum atomic E-state index is -0.216. The highest BCUT2D eigenvalue weighted by atomic mass is 16.5. The Morgan fingerprint density at radius 2 is 1.63 bits per heavy atom. The molecule has 1 aromatic heterocycles. The number of hydrogen-bond acceptors (Lipinski definition) is 7. The van der Waals surface area contributed by atoms with Crippen molar-refractivity contribution in [2.45, 2.75) is 0 Å². The molecule has 0 fully saturated rings. The van der Waals surface area contributed by atoms with Crippen molar-refractivity contribution in [1.82, 2.24) is 14.8 Å². The minimum Gasteiger partial charge on any atom is -0.497 e. The first-order chi connectivity index (χ1) is 17.1. The van der Waals surface area contributed by atoms with Gasteiger partial charge in [-0.15, -0.1) is 5.10 Å². The zero-order chi connectivity index (χ0) is 24.6. The zero-order valence-corrected chi connectivity index (χ0v) is 19.7. The predicted octanol–water partition coefficient (Wildman–Crippen LogP) is 4.23. The number of carbonyl (C=O) groups excluding carboxylic acids is 1. The molecule has 0 aliphatic carbocycles. The Hall–Kier alpha value is -4.37. The van der Waals surface area contributed by atoms with E-state index in [9.17, 15) is 4.79 Å². The van der Waals surface area contributed by atoms with E-state index in [0.717, 1.165) is 11.3 Å². The van der Waals surface area contributed by atoms with Crippen molar-refractivity contribution in [2.24, 2.45) is 0 Å². The highest BCUT2D eigenvalue weighted by Crippen LogP contribution is 2.27. The molecule has 0 bridgehead atoms. The summed E-state index contributed by atoms with van der Waals surface area (Å²) in [6.07, 6.45) is 0. The third-order valence-corrected chi connectivity index (χ3v) is 5.16. The molecular weight excluding hydrogens is 448 g/mol. The van der Waals surface area contributed by atoms with Crippen LogP contribution in [0.4, 0.5) is 5.69 Å². The summed E-state index contributed by atoms with van der Waals surface area (Å²) in [4.78, 5) is 17.1. The van der Waals surface area contributed by atoms with E-state index in [0.29, 0.717) is 41.8 Å². The summed E-state index contributed by atoms with van der Waals surface area (Å²) >= 11 is 0. The Kier molecular flexibility index (Phi) is 7.59. The van der Waals surface area contributed by atoms with Gasteiger partial charge in [-0.25, -0.2) is 4.68 Å². The molecule has 0 spiro atoms. The van der Waals surface area contributed by atoms with Crippen LogP contribution in [-0.4, -0.2) is 55.2 Å². The van der Waals surface area contributed by atoms with E-state index in [1.165, 1.54) is 0 Å². The van der Waals surface area contributed by atoms with Gasteiger partial charge in [-0.1, -0.05) is 12.1 Å². The second-order valence-electron chi connectivity index (χ2n) is 7.43. The van der Waals surface area contributed by atoms with Gasteiger partial charge in [0, 0.05) is 23.9 Å². The van der Waals surface area contributed by atoms with Crippen LogP contribution in [0, 0.1) is 0 Å². The van der Waals surface area contributed by atoms with Gasteiger partial charge in [-0.2, -0.15) is 4.98 Å². The SMILES string of the molecule is COCCOc1nc(-c2cccc(OC)c2)n(-c2ccc(NC(=O)c3ccc(OC)cc3)cc2)n1. The van der Waals surface area contributed by atoms with Gasteiger partial charge < -0.3 is 24.3 Å². The molecule has 0 aliphatic heterocycles. The second kappa shape index (κ2) is 11.2. The molecule has 4 rings (SSSR count). The van der Waals surface area contributed by atoms with Crippen molar-refractivity contribution in [1.29, 1.82) is 0 Å². The van der Waals surface area contributed by atoms with Crippen LogP contribution < -0.4 is 19.5 Å². The number of rotatable bonds is 10. The highest BCUT2D eigenvalue weighted by Gasteiger charge is 2.16. The molecule has 0 radical (unpaired) electrons. The Morgan fingerprint density at radius 3 is 2.31 bits per heavy atom. The van der Waals surface area contributed by atoms with Crippen LogP contribution in [0.2, 0.25) is 0 Å². The first-order valence-corrected chi connectivity index (χ1v) is 10.9. The van der Waals surface area contributed by atoms with Crippen LogP contribution in [-0.2, 0) is 4.74 Å².